The van der Waals surface area contributed by atoms with E-state index in [0.717, 1.165) is 67.6 Å². The van der Waals surface area contributed by atoms with Gasteiger partial charge in [0.15, 0.2) is 0 Å². The number of pyridine rings is 1. The van der Waals surface area contributed by atoms with Crippen molar-refractivity contribution in [1.29, 1.82) is 0 Å². The molecule has 0 saturated heterocycles. The monoisotopic (exact) mass is 951 g/mol. The number of rotatable bonds is 9. The van der Waals surface area contributed by atoms with Crippen LogP contribution in [0.4, 0.5) is 22.7 Å². The minimum atomic E-state index is -0.0402. The number of hydrogen-bond donors (Lipinski definition) is 2. The molecule has 0 spiro atoms. The number of benzene rings is 7. The molecule has 0 unspecified atom stereocenters. The third-order valence-electron chi connectivity index (χ3n) is 14.0. The van der Waals surface area contributed by atoms with Crippen LogP contribution in [0.15, 0.2) is 164 Å². The van der Waals surface area contributed by atoms with E-state index >= 15 is 0 Å². The van der Waals surface area contributed by atoms with Crippen molar-refractivity contribution in [3.05, 3.63) is 192 Å². The Balaban J connectivity index is 1.11. The molecule has 2 N–H and O–H groups in total. The fourth-order valence-electron chi connectivity index (χ4n) is 9.50. The van der Waals surface area contributed by atoms with Crippen LogP contribution in [0.1, 0.15) is 132 Å². The van der Waals surface area contributed by atoms with E-state index in [4.69, 9.17) is 9.72 Å². The summed E-state index contributed by atoms with van der Waals surface area (Å²) in [5, 5.41) is 10.2. The smallest absolute Gasteiger partial charge is 0.137 e. The second kappa shape index (κ2) is 18.5. The number of hydrogen-bond acceptors (Lipinski definition) is 4. The molecule has 368 valence electrons. The standard InChI is InChI=1S/C67H74N4O/c1-63(2,3)45-32-33-68-61(40-45)71-59-29-19-16-24-55(59)56-31-30-52(42-60(56)71)72-51-23-20-22-50(41-51)69-57-27-17-18-28-58(57)70-62-53(43-34-46(64(4,5)6)38-47(35-43)65(7,8)9)25-21-26-54(62)44-36-48(66(10,11)12)39-49(37-44)67(13,14)15/h16-42,69-70H,1-15H3. The van der Waals surface area contributed by atoms with Gasteiger partial charge in [-0.05, 0) is 121 Å². The highest BCUT2D eigenvalue weighted by Gasteiger charge is 2.26. The highest BCUT2D eigenvalue weighted by molar-refractivity contribution is 6.09. The SMILES string of the molecule is CC(C)(C)c1cc(-c2cccc(-c3cc(C(C)(C)C)cc(C(C)(C)C)c3)c2Nc2ccccc2Nc2cccc(Oc3ccc4c5ccccc5n(-c5cc(C(C)(C)C)ccn5)c4c3)c2)cc(C(C)(C)C)c1. The lowest BCUT2D eigenvalue weighted by atomic mass is 9.77. The summed E-state index contributed by atoms with van der Waals surface area (Å²) >= 11 is 0. The fraction of sp³-hybridized carbons (Fsp3) is 0.299. The van der Waals surface area contributed by atoms with Crippen molar-refractivity contribution in [2.75, 3.05) is 10.6 Å². The first-order chi connectivity index (χ1) is 33.8. The first-order valence-corrected chi connectivity index (χ1v) is 25.7. The molecule has 0 bridgehead atoms. The molecular formula is C67H74N4O. The zero-order valence-corrected chi connectivity index (χ0v) is 45.4. The maximum Gasteiger partial charge on any atom is 0.137 e. The van der Waals surface area contributed by atoms with Crippen LogP contribution >= 0.6 is 0 Å². The molecule has 7 aromatic carbocycles. The maximum absolute atomic E-state index is 6.73. The number of nitrogens with zero attached hydrogens (tertiary/aromatic N) is 2. The fourth-order valence-corrected chi connectivity index (χ4v) is 9.50. The Kier molecular flexibility index (Phi) is 12.8. The Hall–Kier alpha value is -7.11. The van der Waals surface area contributed by atoms with Crippen LogP contribution < -0.4 is 15.4 Å². The Morgan fingerprint density at radius 1 is 0.389 bits per heavy atom. The molecule has 0 aliphatic heterocycles. The molecule has 0 atom stereocenters. The highest BCUT2D eigenvalue weighted by Crippen LogP contribution is 2.45. The molecule has 0 aliphatic rings. The summed E-state index contributed by atoms with van der Waals surface area (Å²) < 4.78 is 8.99. The minimum Gasteiger partial charge on any atom is -0.457 e. The molecule has 0 radical (unpaired) electrons. The summed E-state index contributed by atoms with van der Waals surface area (Å²) in [5.74, 6) is 2.37. The van der Waals surface area contributed by atoms with Crippen LogP contribution in [0.3, 0.4) is 0 Å². The lowest BCUT2D eigenvalue weighted by Crippen LogP contribution is -2.17. The van der Waals surface area contributed by atoms with Crippen LogP contribution in [0.2, 0.25) is 0 Å². The molecule has 0 fully saturated rings. The van der Waals surface area contributed by atoms with Gasteiger partial charge in [-0.2, -0.15) is 0 Å². The lowest BCUT2D eigenvalue weighted by Gasteiger charge is -2.28. The van der Waals surface area contributed by atoms with Gasteiger partial charge in [0.1, 0.15) is 17.3 Å². The summed E-state index contributed by atoms with van der Waals surface area (Å²) in [7, 11) is 0. The van der Waals surface area contributed by atoms with E-state index in [2.05, 4.69) is 265 Å². The van der Waals surface area contributed by atoms with Crippen molar-refractivity contribution in [3.63, 3.8) is 0 Å². The van der Waals surface area contributed by atoms with E-state index in [1.807, 2.05) is 18.3 Å². The summed E-state index contributed by atoms with van der Waals surface area (Å²) in [5.41, 5.74) is 17.1. The molecule has 2 heterocycles. The molecule has 9 rings (SSSR count). The van der Waals surface area contributed by atoms with Gasteiger partial charge >= 0.3 is 0 Å². The van der Waals surface area contributed by atoms with E-state index in [0.29, 0.717) is 0 Å². The molecule has 9 aromatic rings. The van der Waals surface area contributed by atoms with E-state index < -0.39 is 0 Å². The lowest BCUT2D eigenvalue weighted by molar-refractivity contribution is 0.483. The average Bonchev–Trinajstić information content (AvgIpc) is 3.64. The topological polar surface area (TPSA) is 51.1 Å². The molecular weight excluding hydrogens is 877 g/mol. The van der Waals surface area contributed by atoms with Crippen molar-refractivity contribution in [1.82, 2.24) is 9.55 Å². The number of fused-ring (bicyclic) bond motifs is 3. The number of nitrogens with one attached hydrogen (secondary N) is 2. The Labute approximate surface area is 429 Å². The van der Waals surface area contributed by atoms with Crippen molar-refractivity contribution >= 4 is 44.6 Å². The van der Waals surface area contributed by atoms with E-state index in [1.54, 1.807) is 0 Å². The minimum absolute atomic E-state index is 0.0159. The van der Waals surface area contributed by atoms with Crippen molar-refractivity contribution in [2.24, 2.45) is 0 Å². The van der Waals surface area contributed by atoms with Crippen LogP contribution in [0.5, 0.6) is 11.5 Å². The summed E-state index contributed by atoms with van der Waals surface area (Å²) in [6.07, 6.45) is 1.92. The molecule has 2 aromatic heterocycles. The van der Waals surface area contributed by atoms with Crippen molar-refractivity contribution < 1.29 is 4.74 Å². The van der Waals surface area contributed by atoms with Gasteiger partial charge in [0, 0.05) is 45.9 Å². The molecule has 5 nitrogen and oxygen atoms in total. The normalized spacial score (nSPS) is 12.7. The van der Waals surface area contributed by atoms with E-state index in [9.17, 15) is 0 Å². The average molecular weight is 951 g/mol. The van der Waals surface area contributed by atoms with E-state index in [-0.39, 0.29) is 27.1 Å². The molecule has 72 heavy (non-hydrogen) atoms. The maximum atomic E-state index is 6.73. The van der Waals surface area contributed by atoms with E-state index in [1.165, 1.54) is 44.3 Å². The Morgan fingerprint density at radius 3 is 1.43 bits per heavy atom. The van der Waals surface area contributed by atoms with Crippen LogP contribution in [-0.2, 0) is 27.1 Å². The van der Waals surface area contributed by atoms with Crippen LogP contribution in [0, 0.1) is 0 Å². The highest BCUT2D eigenvalue weighted by atomic mass is 16.5. The van der Waals surface area contributed by atoms with Crippen LogP contribution in [-0.4, -0.2) is 9.55 Å². The predicted octanol–water partition coefficient (Wildman–Crippen LogP) is 19.3. The van der Waals surface area contributed by atoms with Gasteiger partial charge in [0.25, 0.3) is 0 Å². The summed E-state index contributed by atoms with van der Waals surface area (Å²) in [6.45, 7) is 34.5. The second-order valence-corrected chi connectivity index (χ2v) is 24.9. The quantitative estimate of drug-likeness (QED) is 0.151. The number of aromatic nitrogens is 2. The third-order valence-corrected chi connectivity index (χ3v) is 14.0. The number of anilines is 4. The molecule has 0 saturated carbocycles. The Bertz CT molecular complexity index is 3310. The van der Waals surface area contributed by atoms with Gasteiger partial charge in [-0.1, -0.05) is 195 Å². The zero-order chi connectivity index (χ0) is 51.5. The molecule has 5 heteroatoms. The van der Waals surface area contributed by atoms with Gasteiger partial charge in [-0.15, -0.1) is 0 Å². The van der Waals surface area contributed by atoms with Crippen LogP contribution in [0.25, 0.3) is 49.9 Å². The van der Waals surface area contributed by atoms with Gasteiger partial charge in [0.2, 0.25) is 0 Å². The summed E-state index contributed by atoms with van der Waals surface area (Å²) in [6, 6.07) is 57.2. The van der Waals surface area contributed by atoms with Gasteiger partial charge < -0.3 is 15.4 Å². The number of para-hydroxylation sites is 4. The predicted molar refractivity (Wildman–Crippen MR) is 309 cm³/mol. The Morgan fingerprint density at radius 2 is 0.875 bits per heavy atom. The zero-order valence-electron chi connectivity index (χ0n) is 45.4. The van der Waals surface area contributed by atoms with Gasteiger partial charge in [0.05, 0.1) is 28.1 Å². The summed E-state index contributed by atoms with van der Waals surface area (Å²) in [4.78, 5) is 4.89. The molecule has 0 amide bonds. The second-order valence-electron chi connectivity index (χ2n) is 24.9. The molecule has 0 aliphatic carbocycles. The van der Waals surface area contributed by atoms with Gasteiger partial charge in [-0.25, -0.2) is 4.98 Å². The largest absolute Gasteiger partial charge is 0.457 e. The van der Waals surface area contributed by atoms with Crippen molar-refractivity contribution in [2.45, 2.75) is 131 Å². The first kappa shape index (κ1) is 49.9. The third kappa shape index (κ3) is 10.4. The van der Waals surface area contributed by atoms with Gasteiger partial charge in [-0.3, -0.25) is 4.57 Å². The first-order valence-electron chi connectivity index (χ1n) is 25.7. The van der Waals surface area contributed by atoms with Crippen molar-refractivity contribution in [3.8, 4) is 39.6 Å². The number of ether oxygens (including phenoxy) is 1.